The SMILES string of the molecule is CC(C)(C1CCN(C(=O)NCC#N)CC1)C(O)c1cc(Cl)cc2[nH]ncc12. The maximum Gasteiger partial charge on any atom is 0.318 e. The lowest BCUT2D eigenvalue weighted by Crippen LogP contribution is -2.47. The van der Waals surface area contributed by atoms with E-state index in [1.165, 1.54) is 0 Å². The summed E-state index contributed by atoms with van der Waals surface area (Å²) in [6, 6.07) is 5.30. The number of halogens is 1. The highest BCUT2D eigenvalue weighted by Gasteiger charge is 2.40. The molecule has 1 unspecified atom stereocenters. The Labute approximate surface area is 163 Å². The fraction of sp³-hybridized carbons (Fsp3) is 0.526. The number of carbonyl (C=O) groups is 1. The van der Waals surface area contributed by atoms with Crippen LogP contribution in [0.2, 0.25) is 5.02 Å². The molecule has 3 N–H and O–H groups in total. The van der Waals surface area contributed by atoms with Crippen LogP contribution in [-0.2, 0) is 0 Å². The molecule has 27 heavy (non-hydrogen) atoms. The number of benzene rings is 1. The molecule has 1 fully saturated rings. The molecule has 2 amide bonds. The van der Waals surface area contributed by atoms with Crippen LogP contribution in [0.1, 0.15) is 38.4 Å². The topological polar surface area (TPSA) is 105 Å². The number of aliphatic hydroxyl groups excluding tert-OH is 1. The Morgan fingerprint density at radius 1 is 1.52 bits per heavy atom. The number of urea groups is 1. The number of carbonyl (C=O) groups excluding carboxylic acids is 1. The number of aromatic nitrogens is 2. The first kappa shape index (κ1) is 19.5. The number of H-pyrrole nitrogens is 1. The minimum absolute atomic E-state index is 0.0123. The van der Waals surface area contributed by atoms with Crippen LogP contribution < -0.4 is 5.32 Å². The Balaban J connectivity index is 1.74. The second-order valence-corrected chi connectivity index (χ2v) is 8.06. The molecule has 0 radical (unpaired) electrons. The van der Waals surface area contributed by atoms with Gasteiger partial charge in [0.2, 0.25) is 0 Å². The Hall–Kier alpha value is -2.30. The largest absolute Gasteiger partial charge is 0.388 e. The van der Waals surface area contributed by atoms with E-state index in [4.69, 9.17) is 16.9 Å². The van der Waals surface area contributed by atoms with Gasteiger partial charge < -0.3 is 15.3 Å². The molecule has 3 rings (SSSR count). The monoisotopic (exact) mass is 389 g/mol. The fourth-order valence-corrected chi connectivity index (χ4v) is 4.17. The van der Waals surface area contributed by atoms with Gasteiger partial charge in [-0.3, -0.25) is 5.10 Å². The average molecular weight is 390 g/mol. The molecular weight excluding hydrogens is 366 g/mol. The van der Waals surface area contributed by atoms with Crippen LogP contribution in [0.15, 0.2) is 18.3 Å². The summed E-state index contributed by atoms with van der Waals surface area (Å²) >= 11 is 6.22. The van der Waals surface area contributed by atoms with Crippen molar-refractivity contribution in [3.05, 3.63) is 28.9 Å². The number of aliphatic hydroxyl groups is 1. The van der Waals surface area contributed by atoms with Crippen molar-refractivity contribution < 1.29 is 9.90 Å². The molecule has 1 atom stereocenters. The maximum atomic E-state index is 12.0. The van der Waals surface area contributed by atoms with Gasteiger partial charge in [0.05, 0.1) is 23.9 Å². The zero-order chi connectivity index (χ0) is 19.6. The highest BCUT2D eigenvalue weighted by atomic mass is 35.5. The number of rotatable bonds is 4. The molecule has 2 aromatic rings. The summed E-state index contributed by atoms with van der Waals surface area (Å²) in [6.07, 6.45) is 2.58. The molecule has 0 saturated carbocycles. The van der Waals surface area contributed by atoms with E-state index in [1.807, 2.05) is 6.07 Å². The zero-order valence-electron chi connectivity index (χ0n) is 15.5. The number of nitriles is 1. The van der Waals surface area contributed by atoms with Crippen molar-refractivity contribution >= 4 is 28.5 Å². The Morgan fingerprint density at radius 2 is 2.22 bits per heavy atom. The van der Waals surface area contributed by atoms with Crippen LogP contribution in [0, 0.1) is 22.7 Å². The predicted octanol–water partition coefficient (Wildman–Crippen LogP) is 3.22. The lowest BCUT2D eigenvalue weighted by atomic mass is 9.68. The second-order valence-electron chi connectivity index (χ2n) is 7.63. The van der Waals surface area contributed by atoms with Crippen molar-refractivity contribution in [2.24, 2.45) is 11.3 Å². The van der Waals surface area contributed by atoms with Crippen LogP contribution in [0.3, 0.4) is 0 Å². The summed E-state index contributed by atoms with van der Waals surface area (Å²) in [5.41, 5.74) is 1.17. The number of hydrogen-bond acceptors (Lipinski definition) is 4. The summed E-state index contributed by atoms with van der Waals surface area (Å²) in [5, 5.41) is 30.8. The van der Waals surface area contributed by atoms with E-state index in [0.717, 1.165) is 29.3 Å². The number of nitrogens with zero attached hydrogens (tertiary/aromatic N) is 3. The lowest BCUT2D eigenvalue weighted by molar-refractivity contribution is -0.0142. The molecule has 2 heterocycles. The molecular formula is C19H24ClN5O2. The molecule has 1 aliphatic rings. The molecule has 1 aromatic heterocycles. The number of fused-ring (bicyclic) bond motifs is 1. The fourth-order valence-electron chi connectivity index (χ4n) is 3.95. The van der Waals surface area contributed by atoms with E-state index < -0.39 is 11.5 Å². The van der Waals surface area contributed by atoms with Gasteiger partial charge in [-0.15, -0.1) is 0 Å². The minimum Gasteiger partial charge on any atom is -0.388 e. The van der Waals surface area contributed by atoms with Crippen molar-refractivity contribution in [2.45, 2.75) is 32.8 Å². The molecule has 0 aliphatic carbocycles. The van der Waals surface area contributed by atoms with E-state index in [9.17, 15) is 9.90 Å². The van der Waals surface area contributed by atoms with Crippen molar-refractivity contribution in [1.82, 2.24) is 20.4 Å². The smallest absolute Gasteiger partial charge is 0.318 e. The first-order chi connectivity index (χ1) is 12.8. The third-order valence-corrected chi connectivity index (χ3v) is 5.93. The van der Waals surface area contributed by atoms with E-state index >= 15 is 0 Å². The normalized spacial score (nSPS) is 16.9. The third-order valence-electron chi connectivity index (χ3n) is 5.71. The molecule has 0 spiro atoms. The van der Waals surface area contributed by atoms with Gasteiger partial charge in [0.25, 0.3) is 0 Å². The maximum absolute atomic E-state index is 12.0. The van der Waals surface area contributed by atoms with Crippen molar-refractivity contribution in [1.29, 1.82) is 5.26 Å². The highest BCUT2D eigenvalue weighted by molar-refractivity contribution is 6.31. The average Bonchev–Trinajstić information content (AvgIpc) is 3.13. The summed E-state index contributed by atoms with van der Waals surface area (Å²) in [6.45, 7) is 5.34. The number of hydrogen-bond donors (Lipinski definition) is 3. The highest BCUT2D eigenvalue weighted by Crippen LogP contribution is 2.46. The molecule has 1 aromatic carbocycles. The first-order valence-corrected chi connectivity index (χ1v) is 9.42. The van der Waals surface area contributed by atoms with Crippen LogP contribution >= 0.6 is 11.6 Å². The van der Waals surface area contributed by atoms with Gasteiger partial charge in [-0.2, -0.15) is 10.4 Å². The molecule has 144 valence electrons. The van der Waals surface area contributed by atoms with Crippen LogP contribution in [0.4, 0.5) is 4.79 Å². The number of aromatic amines is 1. The molecule has 7 nitrogen and oxygen atoms in total. The van der Waals surface area contributed by atoms with Gasteiger partial charge in [-0.05, 0) is 41.9 Å². The van der Waals surface area contributed by atoms with Gasteiger partial charge in [0, 0.05) is 23.5 Å². The Bertz CT molecular complexity index is 865. The van der Waals surface area contributed by atoms with Crippen molar-refractivity contribution in [3.8, 4) is 6.07 Å². The number of piperidine rings is 1. The summed E-state index contributed by atoms with van der Waals surface area (Å²) in [5.74, 6) is 0.244. The quantitative estimate of drug-likeness (QED) is 0.698. The van der Waals surface area contributed by atoms with E-state index in [1.54, 1.807) is 23.2 Å². The standard InChI is InChI=1S/C19H24ClN5O2/c1-19(2,12-3-7-25(8-4-12)18(27)22-6-5-21)17(26)14-9-13(20)10-16-15(14)11-23-24-16/h9-12,17,26H,3-4,6-8H2,1-2H3,(H,22,27)(H,23,24). The van der Waals surface area contributed by atoms with Gasteiger partial charge in [0.15, 0.2) is 0 Å². The van der Waals surface area contributed by atoms with Gasteiger partial charge in [-0.25, -0.2) is 4.79 Å². The zero-order valence-corrected chi connectivity index (χ0v) is 16.3. The predicted molar refractivity (Wildman–Crippen MR) is 103 cm³/mol. The number of nitrogens with one attached hydrogen (secondary N) is 2. The Kier molecular flexibility index (Phi) is 5.59. The lowest BCUT2D eigenvalue weighted by Gasteiger charge is -2.43. The van der Waals surface area contributed by atoms with Crippen LogP contribution in [0.5, 0.6) is 0 Å². The molecule has 1 aliphatic heterocycles. The number of likely N-dealkylation sites (tertiary alicyclic amines) is 1. The molecule has 1 saturated heterocycles. The van der Waals surface area contributed by atoms with Gasteiger partial charge in [0.1, 0.15) is 6.54 Å². The second kappa shape index (κ2) is 7.75. The van der Waals surface area contributed by atoms with Crippen LogP contribution in [-0.4, -0.2) is 45.9 Å². The Morgan fingerprint density at radius 3 is 2.89 bits per heavy atom. The summed E-state index contributed by atoms with van der Waals surface area (Å²) in [4.78, 5) is 13.7. The van der Waals surface area contributed by atoms with Gasteiger partial charge >= 0.3 is 6.03 Å². The molecule has 0 bridgehead atoms. The summed E-state index contributed by atoms with van der Waals surface area (Å²) < 4.78 is 0. The van der Waals surface area contributed by atoms with Gasteiger partial charge in [-0.1, -0.05) is 25.4 Å². The van der Waals surface area contributed by atoms with E-state index in [0.29, 0.717) is 18.1 Å². The van der Waals surface area contributed by atoms with Crippen molar-refractivity contribution in [3.63, 3.8) is 0 Å². The van der Waals surface area contributed by atoms with E-state index in [-0.39, 0.29) is 18.5 Å². The summed E-state index contributed by atoms with van der Waals surface area (Å²) in [7, 11) is 0. The first-order valence-electron chi connectivity index (χ1n) is 9.05. The van der Waals surface area contributed by atoms with Crippen LogP contribution in [0.25, 0.3) is 10.9 Å². The van der Waals surface area contributed by atoms with Crippen molar-refractivity contribution in [2.75, 3.05) is 19.6 Å². The van der Waals surface area contributed by atoms with E-state index in [2.05, 4.69) is 29.4 Å². The third kappa shape index (κ3) is 3.87. The molecule has 8 heteroatoms. The minimum atomic E-state index is -0.708. The number of amides is 2.